The zero-order valence-corrected chi connectivity index (χ0v) is 14.5. The van der Waals surface area contributed by atoms with Gasteiger partial charge in [0.2, 0.25) is 5.91 Å². The number of fused-ring (bicyclic) bond motifs is 1. The minimum absolute atomic E-state index is 0.0182. The largest absolute Gasteiger partial charge is 0.381 e. The van der Waals surface area contributed by atoms with Crippen LogP contribution < -0.4 is 11.1 Å². The molecule has 1 unspecified atom stereocenters. The molecule has 1 saturated heterocycles. The van der Waals surface area contributed by atoms with Crippen molar-refractivity contribution >= 4 is 17.2 Å². The molecule has 3 N–H and O–H groups in total. The van der Waals surface area contributed by atoms with Gasteiger partial charge in [0, 0.05) is 31.1 Å². The van der Waals surface area contributed by atoms with Gasteiger partial charge < -0.3 is 15.8 Å². The molecule has 1 amide bonds. The number of nitrogens with one attached hydrogen (secondary N) is 1. The van der Waals surface area contributed by atoms with Crippen molar-refractivity contribution in [2.75, 3.05) is 19.8 Å². The van der Waals surface area contributed by atoms with E-state index in [2.05, 4.69) is 5.32 Å². The van der Waals surface area contributed by atoms with Gasteiger partial charge in [0.1, 0.15) is 0 Å². The Kier molecular flexibility index (Phi) is 6.02. The molecule has 5 nitrogen and oxygen atoms in total. The highest BCUT2D eigenvalue weighted by Crippen LogP contribution is 2.27. The average molecular weight is 337 g/mol. The van der Waals surface area contributed by atoms with Crippen molar-refractivity contribution in [3.8, 4) is 0 Å². The van der Waals surface area contributed by atoms with Crippen molar-refractivity contribution in [3.63, 3.8) is 0 Å². The van der Waals surface area contributed by atoms with Crippen molar-refractivity contribution in [1.82, 2.24) is 10.3 Å². The fourth-order valence-corrected chi connectivity index (χ4v) is 4.57. The van der Waals surface area contributed by atoms with E-state index in [-0.39, 0.29) is 11.8 Å². The van der Waals surface area contributed by atoms with Gasteiger partial charge in [0.25, 0.3) is 0 Å². The Bertz CT molecular complexity index is 502. The van der Waals surface area contributed by atoms with E-state index >= 15 is 0 Å². The Morgan fingerprint density at radius 3 is 2.91 bits per heavy atom. The fraction of sp³-hybridized carbons (Fsp3) is 0.765. The summed E-state index contributed by atoms with van der Waals surface area (Å²) < 4.78 is 5.32. The molecule has 1 aliphatic heterocycles. The van der Waals surface area contributed by atoms with E-state index in [9.17, 15) is 4.79 Å². The van der Waals surface area contributed by atoms with Crippen LogP contribution in [0.4, 0.5) is 0 Å². The Morgan fingerprint density at radius 2 is 2.13 bits per heavy atom. The Morgan fingerprint density at radius 1 is 1.35 bits per heavy atom. The molecule has 1 fully saturated rings. The molecule has 3 rings (SSSR count). The van der Waals surface area contributed by atoms with Crippen molar-refractivity contribution in [2.45, 2.75) is 57.4 Å². The number of ether oxygens (including phenoxy) is 1. The minimum Gasteiger partial charge on any atom is -0.381 e. The minimum atomic E-state index is -0.397. The summed E-state index contributed by atoms with van der Waals surface area (Å²) in [6.07, 6.45) is 8.57. The number of thiazole rings is 1. The maximum atomic E-state index is 12.1. The number of aryl methyl sites for hydroxylation is 3. The number of nitrogens with zero attached hydrogens (tertiary/aromatic N) is 1. The fourth-order valence-electron chi connectivity index (χ4n) is 3.37. The second-order valence-corrected chi connectivity index (χ2v) is 7.72. The molecule has 2 heterocycles. The number of aromatic nitrogens is 1. The topological polar surface area (TPSA) is 77.2 Å². The van der Waals surface area contributed by atoms with Crippen molar-refractivity contribution in [2.24, 2.45) is 11.7 Å². The number of hydrogen-bond donors (Lipinski definition) is 2. The van der Waals surface area contributed by atoms with Gasteiger partial charge >= 0.3 is 0 Å². The number of carbonyl (C=O) groups excluding carboxylic acids is 1. The van der Waals surface area contributed by atoms with Gasteiger partial charge in [-0.2, -0.15) is 0 Å². The Labute approximate surface area is 142 Å². The van der Waals surface area contributed by atoms with E-state index in [1.807, 2.05) is 11.3 Å². The molecule has 0 spiro atoms. The summed E-state index contributed by atoms with van der Waals surface area (Å²) in [5.41, 5.74) is 7.39. The van der Waals surface area contributed by atoms with Gasteiger partial charge in [0.15, 0.2) is 0 Å². The second-order valence-electron chi connectivity index (χ2n) is 6.55. The van der Waals surface area contributed by atoms with Gasteiger partial charge in [-0.15, -0.1) is 11.3 Å². The third-order valence-electron chi connectivity index (χ3n) is 4.83. The van der Waals surface area contributed by atoms with E-state index in [0.717, 1.165) is 45.3 Å². The van der Waals surface area contributed by atoms with Crippen LogP contribution in [-0.4, -0.2) is 36.7 Å². The third kappa shape index (κ3) is 4.52. The smallest absolute Gasteiger partial charge is 0.237 e. The summed E-state index contributed by atoms with van der Waals surface area (Å²) in [6, 6.07) is -0.397. The van der Waals surface area contributed by atoms with Crippen molar-refractivity contribution in [3.05, 3.63) is 15.6 Å². The van der Waals surface area contributed by atoms with Gasteiger partial charge in [-0.1, -0.05) is 0 Å². The van der Waals surface area contributed by atoms with Gasteiger partial charge in [0.05, 0.1) is 16.7 Å². The molecule has 0 radical (unpaired) electrons. The van der Waals surface area contributed by atoms with Crippen LogP contribution in [0.25, 0.3) is 0 Å². The predicted molar refractivity (Wildman–Crippen MR) is 91.6 cm³/mol. The molecular formula is C17H27N3O2S. The first-order valence-corrected chi connectivity index (χ1v) is 9.64. The number of rotatable bonds is 6. The number of amides is 1. The Balaban J connectivity index is 1.37. The predicted octanol–water partition coefficient (Wildman–Crippen LogP) is 1.82. The van der Waals surface area contributed by atoms with Gasteiger partial charge in [-0.25, -0.2) is 4.98 Å². The summed E-state index contributed by atoms with van der Waals surface area (Å²) in [5, 5.41) is 4.21. The molecule has 23 heavy (non-hydrogen) atoms. The first-order chi connectivity index (χ1) is 11.2. The van der Waals surface area contributed by atoms with E-state index < -0.39 is 6.04 Å². The maximum absolute atomic E-state index is 12.1. The molecule has 0 saturated carbocycles. The lowest BCUT2D eigenvalue weighted by Gasteiger charge is -2.26. The molecule has 6 heteroatoms. The lowest BCUT2D eigenvalue weighted by molar-refractivity contribution is -0.124. The number of nitrogens with two attached hydrogens (primary N) is 1. The summed E-state index contributed by atoms with van der Waals surface area (Å²) in [7, 11) is 0. The normalized spacial score (nSPS) is 20.0. The summed E-state index contributed by atoms with van der Waals surface area (Å²) >= 11 is 1.86. The first-order valence-electron chi connectivity index (χ1n) is 8.82. The van der Waals surface area contributed by atoms with Gasteiger partial charge in [-0.3, -0.25) is 4.79 Å². The van der Waals surface area contributed by atoms with Gasteiger partial charge in [-0.05, 0) is 50.9 Å². The molecule has 2 aliphatic rings. The standard InChI is InChI=1S/C17H27N3O2S/c18-16(12-7-10-22-11-8-12)17(21)19-9-3-6-15-20-13-4-1-2-5-14(13)23-15/h12,16H,1-11,18H2,(H,19,21). The quantitative estimate of drug-likeness (QED) is 0.776. The maximum Gasteiger partial charge on any atom is 0.237 e. The SMILES string of the molecule is NC(C(=O)NCCCc1nc2c(s1)CCCC2)C1CCOCC1. The lowest BCUT2D eigenvalue weighted by Crippen LogP contribution is -2.47. The van der Waals surface area contributed by atoms with Crippen LogP contribution in [-0.2, 0) is 28.8 Å². The van der Waals surface area contributed by atoms with Crippen LogP contribution in [0.1, 0.15) is 47.7 Å². The monoisotopic (exact) mass is 337 g/mol. The van der Waals surface area contributed by atoms with E-state index in [4.69, 9.17) is 15.5 Å². The first kappa shape index (κ1) is 16.9. The molecule has 1 aromatic rings. The molecule has 1 aliphatic carbocycles. The van der Waals surface area contributed by atoms with E-state index in [1.165, 1.54) is 34.8 Å². The molecule has 1 aromatic heterocycles. The van der Waals surface area contributed by atoms with Crippen LogP contribution in [0.15, 0.2) is 0 Å². The summed E-state index contributed by atoms with van der Waals surface area (Å²) in [5.74, 6) is 0.241. The third-order valence-corrected chi connectivity index (χ3v) is 6.05. The lowest BCUT2D eigenvalue weighted by atomic mass is 9.92. The second kappa shape index (κ2) is 8.22. The molecule has 1 atom stereocenters. The summed E-state index contributed by atoms with van der Waals surface area (Å²) in [4.78, 5) is 18.3. The van der Waals surface area contributed by atoms with Crippen LogP contribution in [0.3, 0.4) is 0 Å². The van der Waals surface area contributed by atoms with Crippen LogP contribution in [0.5, 0.6) is 0 Å². The van der Waals surface area contributed by atoms with Crippen LogP contribution in [0.2, 0.25) is 0 Å². The summed E-state index contributed by atoms with van der Waals surface area (Å²) in [6.45, 7) is 2.13. The van der Waals surface area contributed by atoms with E-state index in [0.29, 0.717) is 6.54 Å². The highest BCUT2D eigenvalue weighted by Gasteiger charge is 2.26. The molecule has 0 aromatic carbocycles. The van der Waals surface area contributed by atoms with E-state index in [1.54, 1.807) is 0 Å². The number of hydrogen-bond acceptors (Lipinski definition) is 5. The highest BCUT2D eigenvalue weighted by atomic mass is 32.1. The average Bonchev–Trinajstić information content (AvgIpc) is 3.01. The van der Waals surface area contributed by atoms with Crippen molar-refractivity contribution < 1.29 is 9.53 Å². The Hall–Kier alpha value is -0.980. The zero-order valence-electron chi connectivity index (χ0n) is 13.7. The molecule has 128 valence electrons. The molecule has 0 bridgehead atoms. The zero-order chi connectivity index (χ0) is 16.1. The molecular weight excluding hydrogens is 310 g/mol. The van der Waals surface area contributed by atoms with Crippen LogP contribution >= 0.6 is 11.3 Å². The number of carbonyl (C=O) groups is 1. The van der Waals surface area contributed by atoms with Crippen molar-refractivity contribution in [1.29, 1.82) is 0 Å². The van der Waals surface area contributed by atoms with Crippen LogP contribution in [0, 0.1) is 5.92 Å². The highest BCUT2D eigenvalue weighted by molar-refractivity contribution is 7.11.